The van der Waals surface area contributed by atoms with Crippen LogP contribution in [0.2, 0.25) is 0 Å². The molecule has 2 atom stereocenters. The number of aromatic nitrogens is 2. The molecule has 0 saturated carbocycles. The Bertz CT molecular complexity index is 1420. The van der Waals surface area contributed by atoms with Crippen LogP contribution >= 0.6 is 0 Å². The van der Waals surface area contributed by atoms with Crippen LogP contribution in [0.1, 0.15) is 94.7 Å². The molecule has 2 aromatic heterocycles. The third-order valence-corrected chi connectivity index (χ3v) is 9.41. The first kappa shape index (κ1) is 24.1. The van der Waals surface area contributed by atoms with Gasteiger partial charge in [0.15, 0.2) is 0 Å². The maximum atomic E-state index is 2.69. The molecule has 2 heteroatoms. The van der Waals surface area contributed by atoms with E-state index in [4.69, 9.17) is 0 Å². The molecule has 0 radical (unpaired) electrons. The number of hydrogen-bond acceptors (Lipinski definition) is 0. The molecule has 1 aliphatic rings. The number of imidazole rings is 1. The molecular formula is C33H43N2+. The Morgan fingerprint density at radius 2 is 1.63 bits per heavy atom. The number of aryl methyl sites for hydroxylation is 4. The highest BCUT2D eigenvalue weighted by molar-refractivity contribution is 6.06. The Morgan fingerprint density at radius 3 is 2.26 bits per heavy atom. The lowest BCUT2D eigenvalue weighted by Gasteiger charge is -2.47. The van der Waals surface area contributed by atoms with Crippen LogP contribution in [0.15, 0.2) is 42.7 Å². The summed E-state index contributed by atoms with van der Waals surface area (Å²) in [6, 6.07) is 12.1. The van der Waals surface area contributed by atoms with Crippen LogP contribution < -0.4 is 4.40 Å². The van der Waals surface area contributed by atoms with Gasteiger partial charge in [0.05, 0.1) is 11.6 Å². The molecule has 2 nitrogen and oxygen atoms in total. The lowest BCUT2D eigenvalue weighted by atomic mass is 9.61. The Hall–Kier alpha value is -2.61. The van der Waals surface area contributed by atoms with Crippen molar-refractivity contribution < 1.29 is 4.40 Å². The van der Waals surface area contributed by atoms with Gasteiger partial charge < -0.3 is 0 Å². The van der Waals surface area contributed by atoms with Gasteiger partial charge in [0.1, 0.15) is 17.4 Å². The van der Waals surface area contributed by atoms with Gasteiger partial charge in [-0.25, -0.2) is 8.97 Å². The van der Waals surface area contributed by atoms with Crippen molar-refractivity contribution in [3.8, 4) is 11.1 Å². The van der Waals surface area contributed by atoms with Gasteiger partial charge in [-0.15, -0.1) is 0 Å². The zero-order valence-corrected chi connectivity index (χ0v) is 23.2. The van der Waals surface area contributed by atoms with Crippen molar-refractivity contribution in [1.82, 2.24) is 4.57 Å². The fourth-order valence-corrected chi connectivity index (χ4v) is 7.43. The minimum atomic E-state index is 0.0465. The molecule has 5 rings (SSSR count). The first-order valence-electron chi connectivity index (χ1n) is 13.8. The van der Waals surface area contributed by atoms with Gasteiger partial charge in [0.2, 0.25) is 0 Å². The van der Waals surface area contributed by atoms with Gasteiger partial charge in [-0.3, -0.25) is 0 Å². The van der Waals surface area contributed by atoms with Gasteiger partial charge in [0, 0.05) is 17.7 Å². The van der Waals surface area contributed by atoms with E-state index < -0.39 is 0 Å². The average Bonchev–Trinajstić information content (AvgIpc) is 3.18. The average molecular weight is 468 g/mol. The molecule has 184 valence electrons. The Morgan fingerprint density at radius 1 is 0.914 bits per heavy atom. The van der Waals surface area contributed by atoms with Crippen LogP contribution in [0.25, 0.3) is 27.5 Å². The minimum absolute atomic E-state index is 0.0465. The quantitative estimate of drug-likeness (QED) is 0.241. The number of hydrogen-bond donors (Lipinski definition) is 0. The summed E-state index contributed by atoms with van der Waals surface area (Å²) in [6.45, 7) is 18.9. The van der Waals surface area contributed by atoms with Gasteiger partial charge >= 0.3 is 0 Å². The first-order valence-corrected chi connectivity index (χ1v) is 13.8. The van der Waals surface area contributed by atoms with E-state index in [0.29, 0.717) is 0 Å². The summed E-state index contributed by atoms with van der Waals surface area (Å²) >= 11 is 0. The second-order valence-electron chi connectivity index (χ2n) is 11.5. The van der Waals surface area contributed by atoms with Crippen molar-refractivity contribution in [2.45, 2.75) is 105 Å². The van der Waals surface area contributed by atoms with Crippen molar-refractivity contribution >= 4 is 16.4 Å². The normalized spacial score (nSPS) is 21.5. The lowest BCUT2D eigenvalue weighted by Crippen LogP contribution is -2.52. The van der Waals surface area contributed by atoms with Gasteiger partial charge in [-0.2, -0.15) is 0 Å². The van der Waals surface area contributed by atoms with Gasteiger partial charge in [0.25, 0.3) is 5.65 Å². The molecule has 0 spiro atoms. The topological polar surface area (TPSA) is 9.03 Å². The Labute approximate surface area is 212 Å². The summed E-state index contributed by atoms with van der Waals surface area (Å²) in [5.74, 6) is 0. The highest BCUT2D eigenvalue weighted by Crippen LogP contribution is 2.54. The van der Waals surface area contributed by atoms with Gasteiger partial charge in [-0.05, 0) is 85.9 Å². The molecule has 0 fully saturated rings. The zero-order valence-electron chi connectivity index (χ0n) is 23.2. The molecule has 1 aliphatic heterocycles. The van der Waals surface area contributed by atoms with Crippen molar-refractivity contribution in [3.05, 3.63) is 70.7 Å². The molecule has 0 saturated heterocycles. The predicted octanol–water partition coefficient (Wildman–Crippen LogP) is 8.51. The third-order valence-electron chi connectivity index (χ3n) is 9.41. The van der Waals surface area contributed by atoms with Crippen LogP contribution in [0.4, 0.5) is 0 Å². The van der Waals surface area contributed by atoms with E-state index in [1.54, 1.807) is 0 Å². The van der Waals surface area contributed by atoms with E-state index in [1.807, 2.05) is 0 Å². The molecule has 0 N–H and O–H groups in total. The Balaban J connectivity index is 1.86. The second-order valence-corrected chi connectivity index (χ2v) is 11.5. The molecule has 4 aromatic rings. The summed E-state index contributed by atoms with van der Waals surface area (Å²) in [6.07, 6.45) is 11.8. The SMILES string of the molecule is CCCCc1cc(C)c(-c2ccc3c4c2cc[n+]2cc(C)n(c42)C(C)(CCC)C3(C)CC)c(C)c1. The molecule has 0 aliphatic carbocycles. The van der Waals surface area contributed by atoms with Crippen molar-refractivity contribution in [2.24, 2.45) is 0 Å². The molecule has 0 bridgehead atoms. The maximum Gasteiger partial charge on any atom is 0.295 e. The Kier molecular flexibility index (Phi) is 5.86. The minimum Gasteiger partial charge on any atom is -0.221 e. The zero-order chi connectivity index (χ0) is 25.1. The molecule has 2 unspecified atom stereocenters. The molecule has 2 aromatic carbocycles. The van der Waals surface area contributed by atoms with Crippen molar-refractivity contribution in [3.63, 3.8) is 0 Å². The highest BCUT2D eigenvalue weighted by Gasteiger charge is 2.54. The smallest absolute Gasteiger partial charge is 0.221 e. The molecule has 35 heavy (non-hydrogen) atoms. The van der Waals surface area contributed by atoms with E-state index in [0.717, 1.165) is 6.42 Å². The number of benzene rings is 2. The van der Waals surface area contributed by atoms with E-state index in [2.05, 4.69) is 107 Å². The monoisotopic (exact) mass is 467 g/mol. The fraction of sp³-hybridized carbons (Fsp3) is 0.485. The fourth-order valence-electron chi connectivity index (χ4n) is 7.43. The van der Waals surface area contributed by atoms with Crippen LogP contribution in [0.3, 0.4) is 0 Å². The van der Waals surface area contributed by atoms with E-state index in [9.17, 15) is 0 Å². The summed E-state index contributed by atoms with van der Waals surface area (Å²) in [4.78, 5) is 0. The number of nitrogens with zero attached hydrogens (tertiary/aromatic N) is 2. The van der Waals surface area contributed by atoms with Crippen LogP contribution in [-0.4, -0.2) is 4.57 Å². The summed E-state index contributed by atoms with van der Waals surface area (Å²) < 4.78 is 5.06. The van der Waals surface area contributed by atoms with Crippen molar-refractivity contribution in [1.29, 1.82) is 0 Å². The maximum absolute atomic E-state index is 2.69. The molecule has 0 amide bonds. The number of rotatable bonds is 7. The van der Waals surface area contributed by atoms with E-state index in [1.165, 1.54) is 87.6 Å². The van der Waals surface area contributed by atoms with Crippen LogP contribution in [0.5, 0.6) is 0 Å². The largest absolute Gasteiger partial charge is 0.295 e. The predicted molar refractivity (Wildman–Crippen MR) is 150 cm³/mol. The summed E-state index contributed by atoms with van der Waals surface area (Å²) in [7, 11) is 0. The van der Waals surface area contributed by atoms with E-state index >= 15 is 0 Å². The third kappa shape index (κ3) is 3.25. The van der Waals surface area contributed by atoms with Crippen molar-refractivity contribution in [2.75, 3.05) is 0 Å². The molecule has 3 heterocycles. The second kappa shape index (κ2) is 8.50. The standard InChI is InChI=1S/C33H43N2/c1-9-12-13-25-19-22(4)29(23(5)20-25)26-14-15-28-30-27(26)16-18-34-21-24(6)35(31(30)34)33(8,17-10-2)32(28,7)11-3/h14-16,18-21H,9-13,17H2,1-8H3/q+1. The summed E-state index contributed by atoms with van der Waals surface area (Å²) in [5, 5.41) is 2.84. The highest BCUT2D eigenvalue weighted by atomic mass is 15.2. The molecular weight excluding hydrogens is 424 g/mol. The summed E-state index contributed by atoms with van der Waals surface area (Å²) in [5.41, 5.74) is 11.4. The first-order chi connectivity index (χ1) is 16.7. The lowest BCUT2D eigenvalue weighted by molar-refractivity contribution is -0.510. The van der Waals surface area contributed by atoms with E-state index in [-0.39, 0.29) is 11.0 Å². The number of unbranched alkanes of at least 4 members (excludes halogenated alkanes) is 1. The number of pyridine rings is 1. The van der Waals surface area contributed by atoms with Crippen LogP contribution in [-0.2, 0) is 17.4 Å². The van der Waals surface area contributed by atoms with Gasteiger partial charge in [-0.1, -0.05) is 64.8 Å². The van der Waals surface area contributed by atoms with Crippen LogP contribution in [0, 0.1) is 20.8 Å².